The Morgan fingerprint density at radius 3 is 1.94 bits per heavy atom. The summed E-state index contributed by atoms with van der Waals surface area (Å²) in [4.78, 5) is 11.9. The van der Waals surface area contributed by atoms with Gasteiger partial charge in [-0.3, -0.25) is 4.55 Å². The van der Waals surface area contributed by atoms with E-state index in [1.54, 1.807) is 14.1 Å². The topological polar surface area (TPSA) is 129 Å². The summed E-state index contributed by atoms with van der Waals surface area (Å²) in [7, 11) is -0.691. The molecule has 1 heterocycles. The molecule has 0 aliphatic heterocycles. The van der Waals surface area contributed by atoms with Crippen molar-refractivity contribution in [1.82, 2.24) is 15.0 Å². The van der Waals surface area contributed by atoms with Gasteiger partial charge in [0.05, 0.1) is 5.75 Å². The fourth-order valence-electron chi connectivity index (χ4n) is 0.970. The number of anilines is 3. The molecule has 1 aromatic heterocycles. The second kappa shape index (κ2) is 5.59. The number of rotatable bonds is 6. The van der Waals surface area contributed by atoms with Crippen LogP contribution < -0.4 is 16.0 Å². The van der Waals surface area contributed by atoms with Gasteiger partial charge in [-0.25, -0.2) is 0 Å². The molecule has 0 spiro atoms. The minimum absolute atomic E-state index is 0.00908. The quantitative estimate of drug-likeness (QED) is 0.489. The third-order valence-corrected chi connectivity index (χ3v) is 2.45. The van der Waals surface area contributed by atoms with Crippen LogP contribution in [0.25, 0.3) is 0 Å². The first-order chi connectivity index (χ1) is 7.94. The summed E-state index contributed by atoms with van der Waals surface area (Å²) in [5.74, 6) is 0.498. The standard InChI is InChI=1S/C7H14N6O3S/c1-8-5-11-6(9-2)13-7(12-5)10-3-4-17(14,15)16/h3-4H2,1-2H3,(H,14,15,16)(H3,8,9,10,11,12,13). The van der Waals surface area contributed by atoms with E-state index in [0.29, 0.717) is 11.9 Å². The van der Waals surface area contributed by atoms with Crippen molar-refractivity contribution in [2.24, 2.45) is 0 Å². The van der Waals surface area contributed by atoms with E-state index in [1.807, 2.05) is 0 Å². The van der Waals surface area contributed by atoms with E-state index < -0.39 is 15.9 Å². The Hall–Kier alpha value is -1.68. The smallest absolute Gasteiger partial charge is 0.266 e. The fourth-order valence-corrected chi connectivity index (χ4v) is 1.33. The van der Waals surface area contributed by atoms with Gasteiger partial charge in [0.25, 0.3) is 10.1 Å². The van der Waals surface area contributed by atoms with E-state index in [-0.39, 0.29) is 12.5 Å². The first kappa shape index (κ1) is 13.4. The minimum Gasteiger partial charge on any atom is -0.357 e. The first-order valence-electron chi connectivity index (χ1n) is 4.75. The normalized spacial score (nSPS) is 11.0. The molecule has 0 aromatic carbocycles. The summed E-state index contributed by atoms with van der Waals surface area (Å²) >= 11 is 0. The van der Waals surface area contributed by atoms with Gasteiger partial charge >= 0.3 is 0 Å². The van der Waals surface area contributed by atoms with Crippen LogP contribution in [0.5, 0.6) is 0 Å². The predicted octanol–water partition coefficient (Wildman–Crippen LogP) is -0.745. The molecule has 0 fully saturated rings. The first-order valence-corrected chi connectivity index (χ1v) is 6.36. The van der Waals surface area contributed by atoms with Crippen LogP contribution >= 0.6 is 0 Å². The Morgan fingerprint density at radius 1 is 1.06 bits per heavy atom. The van der Waals surface area contributed by atoms with Gasteiger partial charge in [0, 0.05) is 20.6 Å². The molecule has 1 aromatic rings. The van der Waals surface area contributed by atoms with Gasteiger partial charge < -0.3 is 16.0 Å². The summed E-state index contributed by atoms with van der Waals surface area (Å²) in [6, 6.07) is 0. The van der Waals surface area contributed by atoms with E-state index in [0.717, 1.165) is 0 Å². The van der Waals surface area contributed by atoms with E-state index in [9.17, 15) is 8.42 Å². The molecule has 4 N–H and O–H groups in total. The highest BCUT2D eigenvalue weighted by molar-refractivity contribution is 7.85. The molecule has 1 rings (SSSR count). The number of hydrogen-bond donors (Lipinski definition) is 4. The van der Waals surface area contributed by atoms with Crippen molar-refractivity contribution in [3.05, 3.63) is 0 Å². The molecule has 0 unspecified atom stereocenters. The lowest BCUT2D eigenvalue weighted by atomic mass is 10.7. The van der Waals surface area contributed by atoms with Crippen LogP contribution in [0.2, 0.25) is 0 Å². The van der Waals surface area contributed by atoms with Crippen LogP contribution in [0.4, 0.5) is 17.8 Å². The van der Waals surface area contributed by atoms with Crippen molar-refractivity contribution in [2.45, 2.75) is 0 Å². The molecule has 0 atom stereocenters. The van der Waals surface area contributed by atoms with Gasteiger partial charge in [-0.05, 0) is 0 Å². The van der Waals surface area contributed by atoms with Gasteiger partial charge in [-0.15, -0.1) is 0 Å². The van der Waals surface area contributed by atoms with Crippen LogP contribution in [-0.4, -0.2) is 54.3 Å². The van der Waals surface area contributed by atoms with E-state index in [4.69, 9.17) is 4.55 Å². The van der Waals surface area contributed by atoms with Gasteiger partial charge in [0.2, 0.25) is 17.8 Å². The SMILES string of the molecule is CNc1nc(NC)nc(NCCS(=O)(=O)O)n1. The molecule has 0 amide bonds. The average molecular weight is 262 g/mol. The Kier molecular flexibility index (Phi) is 4.40. The molecular weight excluding hydrogens is 248 g/mol. The van der Waals surface area contributed by atoms with Crippen molar-refractivity contribution >= 4 is 28.0 Å². The lowest BCUT2D eigenvalue weighted by molar-refractivity contribution is 0.484. The lowest BCUT2D eigenvalue weighted by Gasteiger charge is -2.07. The molecule has 0 aliphatic carbocycles. The highest BCUT2D eigenvalue weighted by atomic mass is 32.2. The third kappa shape index (κ3) is 4.78. The molecule has 0 aliphatic rings. The molecule has 9 nitrogen and oxygen atoms in total. The van der Waals surface area contributed by atoms with Crippen LogP contribution in [0, 0.1) is 0 Å². The maximum Gasteiger partial charge on any atom is 0.266 e. The zero-order chi connectivity index (χ0) is 12.9. The molecule has 96 valence electrons. The van der Waals surface area contributed by atoms with Crippen LogP contribution in [0.3, 0.4) is 0 Å². The predicted molar refractivity (Wildman–Crippen MR) is 63.8 cm³/mol. The summed E-state index contributed by atoms with van der Waals surface area (Å²) in [6.07, 6.45) is 0. The van der Waals surface area contributed by atoms with Crippen molar-refractivity contribution < 1.29 is 13.0 Å². The maximum atomic E-state index is 10.5. The Morgan fingerprint density at radius 2 is 1.53 bits per heavy atom. The molecule has 0 bridgehead atoms. The van der Waals surface area contributed by atoms with E-state index in [2.05, 4.69) is 30.9 Å². The van der Waals surface area contributed by atoms with Crippen molar-refractivity contribution in [3.63, 3.8) is 0 Å². The van der Waals surface area contributed by atoms with Gasteiger partial charge in [-0.1, -0.05) is 0 Å². The van der Waals surface area contributed by atoms with Crippen molar-refractivity contribution in [1.29, 1.82) is 0 Å². The minimum atomic E-state index is -3.99. The second-order valence-corrected chi connectivity index (χ2v) is 4.59. The van der Waals surface area contributed by atoms with E-state index in [1.165, 1.54) is 0 Å². The number of nitrogens with zero attached hydrogens (tertiary/aromatic N) is 3. The lowest BCUT2D eigenvalue weighted by Crippen LogP contribution is -2.17. The summed E-state index contributed by atoms with van der Waals surface area (Å²) < 4.78 is 29.6. The zero-order valence-electron chi connectivity index (χ0n) is 9.43. The van der Waals surface area contributed by atoms with E-state index >= 15 is 0 Å². The Labute approximate surface area is 98.8 Å². The van der Waals surface area contributed by atoms with Gasteiger partial charge in [-0.2, -0.15) is 23.4 Å². The third-order valence-electron chi connectivity index (χ3n) is 1.73. The van der Waals surface area contributed by atoms with Gasteiger partial charge in [0.1, 0.15) is 0 Å². The van der Waals surface area contributed by atoms with Crippen LogP contribution in [0.1, 0.15) is 0 Å². The Bertz CT molecular complexity index is 454. The summed E-state index contributed by atoms with van der Waals surface area (Å²) in [5.41, 5.74) is 0. The highest BCUT2D eigenvalue weighted by Gasteiger charge is 2.07. The highest BCUT2D eigenvalue weighted by Crippen LogP contribution is 2.07. The van der Waals surface area contributed by atoms with Crippen molar-refractivity contribution in [3.8, 4) is 0 Å². The number of aromatic nitrogens is 3. The van der Waals surface area contributed by atoms with Crippen LogP contribution in [0.15, 0.2) is 0 Å². The van der Waals surface area contributed by atoms with Gasteiger partial charge in [0.15, 0.2) is 0 Å². The molecule has 0 saturated heterocycles. The average Bonchev–Trinajstić information content (AvgIpc) is 2.26. The molecular formula is C7H14N6O3S. The molecule has 10 heteroatoms. The zero-order valence-corrected chi connectivity index (χ0v) is 10.2. The fraction of sp³-hybridized carbons (Fsp3) is 0.571. The van der Waals surface area contributed by atoms with Crippen molar-refractivity contribution in [2.75, 3.05) is 42.3 Å². The second-order valence-electron chi connectivity index (χ2n) is 3.02. The Balaban J connectivity index is 2.70. The maximum absolute atomic E-state index is 10.5. The number of hydrogen-bond acceptors (Lipinski definition) is 8. The molecule has 17 heavy (non-hydrogen) atoms. The summed E-state index contributed by atoms with van der Waals surface area (Å²) in [6.45, 7) is 0.00908. The summed E-state index contributed by atoms with van der Waals surface area (Å²) in [5, 5.41) is 8.15. The monoisotopic (exact) mass is 262 g/mol. The van der Waals surface area contributed by atoms with Crippen LogP contribution in [-0.2, 0) is 10.1 Å². The number of nitrogens with one attached hydrogen (secondary N) is 3. The molecule has 0 radical (unpaired) electrons. The largest absolute Gasteiger partial charge is 0.357 e. The molecule has 0 saturated carbocycles.